The molecular weight excluding hydrogens is 201 g/mol. The summed E-state index contributed by atoms with van der Waals surface area (Å²) in [7, 11) is 1.97. The number of likely N-dealkylation sites (tertiary alicyclic amines) is 1. The normalized spacial score (nSPS) is 22.8. The molecule has 1 rings (SSSR count). The minimum absolute atomic E-state index is 0. The molecule has 1 heterocycles. The SMILES string of the molecule is CN1CCC(Cl)(C(=O)O)CC1.Cl. The van der Waals surface area contributed by atoms with Crippen molar-refractivity contribution in [3.63, 3.8) is 0 Å². The fraction of sp³-hybridized carbons (Fsp3) is 0.857. The Hall–Kier alpha value is 0.01000. The van der Waals surface area contributed by atoms with Gasteiger partial charge in [-0.2, -0.15) is 0 Å². The Morgan fingerprint density at radius 2 is 1.92 bits per heavy atom. The number of rotatable bonds is 1. The van der Waals surface area contributed by atoms with E-state index in [1.165, 1.54) is 0 Å². The molecule has 0 radical (unpaired) electrons. The van der Waals surface area contributed by atoms with Crippen LogP contribution >= 0.6 is 24.0 Å². The summed E-state index contributed by atoms with van der Waals surface area (Å²) in [6.45, 7) is 1.55. The van der Waals surface area contributed by atoms with E-state index in [9.17, 15) is 4.79 Å². The van der Waals surface area contributed by atoms with Crippen LogP contribution in [-0.4, -0.2) is 41.0 Å². The van der Waals surface area contributed by atoms with E-state index in [-0.39, 0.29) is 12.4 Å². The maximum absolute atomic E-state index is 10.6. The second-order valence-corrected chi connectivity index (χ2v) is 3.80. The smallest absolute Gasteiger partial charge is 0.324 e. The van der Waals surface area contributed by atoms with Crippen LogP contribution < -0.4 is 0 Å². The zero-order chi connectivity index (χ0) is 8.48. The van der Waals surface area contributed by atoms with E-state index < -0.39 is 10.8 Å². The number of hydrogen-bond acceptors (Lipinski definition) is 2. The van der Waals surface area contributed by atoms with E-state index in [1.807, 2.05) is 7.05 Å². The maximum Gasteiger partial charge on any atom is 0.324 e. The van der Waals surface area contributed by atoms with Gasteiger partial charge in [0.15, 0.2) is 0 Å². The van der Waals surface area contributed by atoms with Crippen LogP contribution in [0.25, 0.3) is 0 Å². The second-order valence-electron chi connectivity index (χ2n) is 3.07. The first-order chi connectivity index (χ1) is 5.04. The molecule has 0 atom stereocenters. The van der Waals surface area contributed by atoms with Crippen molar-refractivity contribution in [1.82, 2.24) is 4.90 Å². The molecule has 1 saturated heterocycles. The van der Waals surface area contributed by atoms with Crippen LogP contribution in [0.1, 0.15) is 12.8 Å². The summed E-state index contributed by atoms with van der Waals surface area (Å²) in [5, 5.41) is 8.73. The molecule has 0 aromatic carbocycles. The van der Waals surface area contributed by atoms with Crippen LogP contribution in [0.3, 0.4) is 0 Å². The summed E-state index contributed by atoms with van der Waals surface area (Å²) in [4.78, 5) is 11.7. The lowest BCUT2D eigenvalue weighted by atomic mass is 9.96. The maximum atomic E-state index is 10.6. The van der Waals surface area contributed by atoms with E-state index >= 15 is 0 Å². The summed E-state index contributed by atoms with van der Waals surface area (Å²) in [6.07, 6.45) is 1.08. The standard InChI is InChI=1S/C7H12ClNO2.ClH/c1-9-4-2-7(8,3-5-9)6(10)11;/h2-5H2,1H3,(H,10,11);1H. The molecule has 3 nitrogen and oxygen atoms in total. The first-order valence-corrected chi connectivity index (χ1v) is 4.03. The van der Waals surface area contributed by atoms with Gasteiger partial charge in [0.2, 0.25) is 0 Å². The van der Waals surface area contributed by atoms with Crippen LogP contribution in [0.4, 0.5) is 0 Å². The summed E-state index contributed by atoms with van der Waals surface area (Å²) in [5.41, 5.74) is 0. The van der Waals surface area contributed by atoms with Crippen molar-refractivity contribution in [2.45, 2.75) is 17.7 Å². The van der Waals surface area contributed by atoms with Gasteiger partial charge in [-0.1, -0.05) is 0 Å². The van der Waals surface area contributed by atoms with Gasteiger partial charge in [-0.25, -0.2) is 0 Å². The average Bonchev–Trinajstić information content (AvgIpc) is 1.95. The van der Waals surface area contributed by atoms with Crippen molar-refractivity contribution in [3.8, 4) is 0 Å². The summed E-state index contributed by atoms with van der Waals surface area (Å²) in [5.74, 6) is -0.882. The van der Waals surface area contributed by atoms with Gasteiger partial charge in [-0.15, -0.1) is 24.0 Å². The summed E-state index contributed by atoms with van der Waals surface area (Å²) < 4.78 is 0. The molecule has 1 N–H and O–H groups in total. The van der Waals surface area contributed by atoms with Gasteiger partial charge in [0.1, 0.15) is 4.87 Å². The van der Waals surface area contributed by atoms with Crippen LogP contribution in [0.15, 0.2) is 0 Å². The van der Waals surface area contributed by atoms with Gasteiger partial charge in [0, 0.05) is 13.1 Å². The quantitative estimate of drug-likeness (QED) is 0.666. The fourth-order valence-electron chi connectivity index (χ4n) is 1.19. The molecule has 0 unspecified atom stereocenters. The third kappa shape index (κ3) is 2.51. The van der Waals surface area contributed by atoms with E-state index in [1.54, 1.807) is 0 Å². The predicted molar refractivity (Wildman–Crippen MR) is 50.2 cm³/mol. The third-order valence-corrected chi connectivity index (χ3v) is 2.70. The minimum atomic E-state index is -0.994. The summed E-state index contributed by atoms with van der Waals surface area (Å²) >= 11 is 5.85. The second kappa shape index (κ2) is 4.30. The number of piperidine rings is 1. The number of alkyl halides is 1. The molecule has 1 fully saturated rings. The average molecular weight is 214 g/mol. The molecule has 1 aliphatic rings. The predicted octanol–water partition coefficient (Wildman–Crippen LogP) is 1.20. The van der Waals surface area contributed by atoms with Crippen molar-refractivity contribution >= 4 is 30.0 Å². The Bertz CT molecular complexity index is 167. The Morgan fingerprint density at radius 3 is 2.25 bits per heavy atom. The fourth-order valence-corrected chi connectivity index (χ4v) is 1.36. The zero-order valence-electron chi connectivity index (χ0n) is 6.92. The van der Waals surface area contributed by atoms with Crippen molar-refractivity contribution in [2.75, 3.05) is 20.1 Å². The monoisotopic (exact) mass is 213 g/mol. The van der Waals surface area contributed by atoms with Crippen LogP contribution in [0.5, 0.6) is 0 Å². The number of carbonyl (C=O) groups is 1. The van der Waals surface area contributed by atoms with Gasteiger partial charge in [-0.3, -0.25) is 4.79 Å². The number of halogens is 2. The van der Waals surface area contributed by atoms with Crippen LogP contribution in [0, 0.1) is 0 Å². The largest absolute Gasteiger partial charge is 0.480 e. The Labute approximate surface area is 83.1 Å². The van der Waals surface area contributed by atoms with Gasteiger partial charge in [0.25, 0.3) is 0 Å². The number of nitrogens with zero attached hydrogens (tertiary/aromatic N) is 1. The highest BCUT2D eigenvalue weighted by Gasteiger charge is 2.38. The molecule has 12 heavy (non-hydrogen) atoms. The van der Waals surface area contributed by atoms with Gasteiger partial charge < -0.3 is 10.0 Å². The van der Waals surface area contributed by atoms with Gasteiger partial charge >= 0.3 is 5.97 Å². The minimum Gasteiger partial charge on any atom is -0.480 e. The van der Waals surface area contributed by atoms with Crippen molar-refractivity contribution in [2.24, 2.45) is 0 Å². The van der Waals surface area contributed by atoms with E-state index in [4.69, 9.17) is 16.7 Å². The third-order valence-electron chi connectivity index (χ3n) is 2.16. The Morgan fingerprint density at radius 1 is 1.50 bits per heavy atom. The summed E-state index contributed by atoms with van der Waals surface area (Å²) in [6, 6.07) is 0. The molecule has 0 aliphatic carbocycles. The molecule has 0 saturated carbocycles. The van der Waals surface area contributed by atoms with E-state index in [2.05, 4.69) is 4.90 Å². The Balaban J connectivity index is 0.00000121. The first kappa shape index (κ1) is 12.0. The van der Waals surface area contributed by atoms with Gasteiger partial charge in [0.05, 0.1) is 0 Å². The topological polar surface area (TPSA) is 40.5 Å². The molecular formula is C7H13Cl2NO2. The lowest BCUT2D eigenvalue weighted by Gasteiger charge is -2.32. The van der Waals surface area contributed by atoms with Gasteiger partial charge in [-0.05, 0) is 19.9 Å². The molecule has 72 valence electrons. The molecule has 0 bridgehead atoms. The lowest BCUT2D eigenvalue weighted by molar-refractivity contribution is -0.141. The van der Waals surface area contributed by atoms with Crippen LogP contribution in [-0.2, 0) is 4.79 Å². The number of carboxylic acid groups (broad SMARTS) is 1. The number of hydrogen-bond donors (Lipinski definition) is 1. The highest BCUT2D eigenvalue weighted by atomic mass is 35.5. The highest BCUT2D eigenvalue weighted by molar-refractivity contribution is 6.33. The number of carboxylic acids is 1. The Kier molecular flexibility index (Phi) is 4.31. The zero-order valence-corrected chi connectivity index (χ0v) is 8.49. The van der Waals surface area contributed by atoms with Crippen molar-refractivity contribution in [1.29, 1.82) is 0 Å². The number of aliphatic carboxylic acids is 1. The van der Waals surface area contributed by atoms with Crippen molar-refractivity contribution < 1.29 is 9.90 Å². The van der Waals surface area contributed by atoms with E-state index in [0.29, 0.717) is 12.8 Å². The van der Waals surface area contributed by atoms with E-state index in [0.717, 1.165) is 13.1 Å². The highest BCUT2D eigenvalue weighted by Crippen LogP contribution is 2.28. The van der Waals surface area contributed by atoms with Crippen molar-refractivity contribution in [3.05, 3.63) is 0 Å². The molecule has 0 spiro atoms. The molecule has 5 heteroatoms. The molecule has 0 aromatic heterocycles. The first-order valence-electron chi connectivity index (χ1n) is 3.65. The molecule has 1 aliphatic heterocycles. The lowest BCUT2D eigenvalue weighted by Crippen LogP contribution is -2.44. The molecule has 0 aromatic rings. The van der Waals surface area contributed by atoms with Crippen LogP contribution in [0.2, 0.25) is 0 Å². The molecule has 0 amide bonds.